The number of hydrogen-bond donors (Lipinski definition) is 1. The highest BCUT2D eigenvalue weighted by molar-refractivity contribution is 9.09. The summed E-state index contributed by atoms with van der Waals surface area (Å²) in [5.74, 6) is -0.941. The van der Waals surface area contributed by atoms with Crippen LogP contribution in [0.4, 0.5) is 4.39 Å². The molecule has 1 atom stereocenters. The van der Waals surface area contributed by atoms with Crippen LogP contribution < -0.4 is 4.72 Å². The number of hydrogen-bond acceptors (Lipinski definition) is 2. The number of rotatable bonds is 5. The SMILES string of the molecule is CCC(C)(CBr)NS(=O)(=O)c1ccc(Cl)c(F)c1Cl. The van der Waals surface area contributed by atoms with Crippen LogP contribution in [0.5, 0.6) is 0 Å². The summed E-state index contributed by atoms with van der Waals surface area (Å²) >= 11 is 14.5. The van der Waals surface area contributed by atoms with Crippen molar-refractivity contribution >= 4 is 49.2 Å². The minimum absolute atomic E-state index is 0.220. The van der Waals surface area contributed by atoms with Crippen molar-refractivity contribution in [1.82, 2.24) is 4.72 Å². The lowest BCUT2D eigenvalue weighted by Crippen LogP contribution is -2.46. The summed E-state index contributed by atoms with van der Waals surface area (Å²) in [6.07, 6.45) is 0.561. The maximum atomic E-state index is 13.6. The summed E-state index contributed by atoms with van der Waals surface area (Å²) in [6.45, 7) is 3.58. The van der Waals surface area contributed by atoms with Gasteiger partial charge in [-0.3, -0.25) is 0 Å². The van der Waals surface area contributed by atoms with E-state index in [0.717, 1.165) is 6.07 Å². The zero-order valence-electron chi connectivity index (χ0n) is 10.3. The Bertz CT molecular complexity index is 576. The minimum Gasteiger partial charge on any atom is -0.207 e. The van der Waals surface area contributed by atoms with Crippen LogP contribution in [0.15, 0.2) is 17.0 Å². The monoisotopic (exact) mass is 391 g/mol. The fraction of sp³-hybridized carbons (Fsp3) is 0.455. The molecule has 108 valence electrons. The normalized spacial score (nSPS) is 15.3. The van der Waals surface area contributed by atoms with E-state index >= 15 is 0 Å². The fourth-order valence-corrected chi connectivity index (χ4v) is 4.23. The van der Waals surface area contributed by atoms with E-state index in [1.54, 1.807) is 6.92 Å². The first-order chi connectivity index (χ1) is 8.67. The number of benzene rings is 1. The van der Waals surface area contributed by atoms with Crippen molar-refractivity contribution in [2.75, 3.05) is 5.33 Å². The maximum Gasteiger partial charge on any atom is 0.242 e. The van der Waals surface area contributed by atoms with E-state index in [0.29, 0.717) is 11.8 Å². The summed E-state index contributed by atoms with van der Waals surface area (Å²) in [7, 11) is -3.92. The zero-order valence-corrected chi connectivity index (χ0v) is 14.2. The Balaban J connectivity index is 3.26. The molecule has 8 heteroatoms. The largest absolute Gasteiger partial charge is 0.242 e. The van der Waals surface area contributed by atoms with E-state index in [1.807, 2.05) is 6.92 Å². The number of sulfonamides is 1. The number of alkyl halides is 1. The second-order valence-corrected chi connectivity index (χ2v) is 7.32. The first-order valence-corrected chi connectivity index (χ1v) is 8.76. The zero-order chi connectivity index (χ0) is 14.8. The minimum atomic E-state index is -3.92. The molecule has 0 saturated heterocycles. The van der Waals surface area contributed by atoms with Crippen molar-refractivity contribution in [3.63, 3.8) is 0 Å². The van der Waals surface area contributed by atoms with Crippen LogP contribution >= 0.6 is 39.1 Å². The van der Waals surface area contributed by atoms with Crippen LogP contribution in [0.2, 0.25) is 10.0 Å². The Morgan fingerprint density at radius 1 is 1.42 bits per heavy atom. The van der Waals surface area contributed by atoms with E-state index in [1.165, 1.54) is 6.07 Å². The van der Waals surface area contributed by atoms with E-state index in [2.05, 4.69) is 20.7 Å². The fourth-order valence-electron chi connectivity index (χ4n) is 1.29. The third-order valence-corrected chi connectivity index (χ3v) is 6.44. The van der Waals surface area contributed by atoms with Crippen LogP contribution in [-0.2, 0) is 10.0 Å². The van der Waals surface area contributed by atoms with Crippen molar-refractivity contribution in [3.05, 3.63) is 28.0 Å². The van der Waals surface area contributed by atoms with Gasteiger partial charge in [-0.05, 0) is 25.5 Å². The molecule has 0 aliphatic carbocycles. The Hall–Kier alpha value is 0.120. The first-order valence-electron chi connectivity index (χ1n) is 5.40. The molecule has 0 radical (unpaired) electrons. The van der Waals surface area contributed by atoms with Gasteiger partial charge in [-0.15, -0.1) is 0 Å². The highest BCUT2D eigenvalue weighted by Crippen LogP contribution is 2.30. The van der Waals surface area contributed by atoms with Gasteiger partial charge in [0, 0.05) is 10.9 Å². The van der Waals surface area contributed by atoms with Gasteiger partial charge in [-0.1, -0.05) is 46.1 Å². The van der Waals surface area contributed by atoms with Crippen LogP contribution in [0, 0.1) is 5.82 Å². The molecule has 1 aromatic carbocycles. The lowest BCUT2D eigenvalue weighted by atomic mass is 10.0. The lowest BCUT2D eigenvalue weighted by molar-refractivity contribution is 0.449. The molecule has 0 aliphatic heterocycles. The molecule has 3 nitrogen and oxygen atoms in total. The van der Waals surface area contributed by atoms with Crippen molar-refractivity contribution in [1.29, 1.82) is 0 Å². The van der Waals surface area contributed by atoms with Crippen molar-refractivity contribution in [2.45, 2.75) is 30.7 Å². The van der Waals surface area contributed by atoms with Crippen molar-refractivity contribution in [2.24, 2.45) is 0 Å². The number of halogens is 4. The van der Waals surface area contributed by atoms with Gasteiger partial charge < -0.3 is 0 Å². The number of nitrogens with one attached hydrogen (secondary N) is 1. The summed E-state index contributed by atoms with van der Waals surface area (Å²) in [5, 5.41) is -0.306. The Kier molecular flexibility index (Phi) is 5.66. The van der Waals surface area contributed by atoms with Gasteiger partial charge in [0.05, 0.1) is 10.0 Å². The quantitative estimate of drug-likeness (QED) is 0.608. The van der Waals surface area contributed by atoms with Crippen molar-refractivity contribution in [3.8, 4) is 0 Å². The molecule has 0 fully saturated rings. The molecule has 1 rings (SSSR count). The molecule has 1 unspecified atom stereocenters. The summed E-state index contributed by atoms with van der Waals surface area (Å²) in [6, 6.07) is 2.34. The maximum absolute atomic E-state index is 13.6. The molecular weight excluding hydrogens is 380 g/mol. The highest BCUT2D eigenvalue weighted by atomic mass is 79.9. The molecule has 0 saturated carbocycles. The lowest BCUT2D eigenvalue weighted by Gasteiger charge is -2.27. The van der Waals surface area contributed by atoms with Gasteiger partial charge in [0.1, 0.15) is 4.90 Å². The summed E-state index contributed by atoms with van der Waals surface area (Å²) in [5.41, 5.74) is -0.682. The van der Waals surface area contributed by atoms with Crippen molar-refractivity contribution < 1.29 is 12.8 Å². The Morgan fingerprint density at radius 3 is 2.47 bits per heavy atom. The third-order valence-electron chi connectivity index (χ3n) is 2.75. The highest BCUT2D eigenvalue weighted by Gasteiger charge is 2.30. The van der Waals surface area contributed by atoms with Gasteiger partial charge >= 0.3 is 0 Å². The molecule has 19 heavy (non-hydrogen) atoms. The molecule has 1 aromatic rings. The van der Waals surface area contributed by atoms with Gasteiger partial charge in [0.25, 0.3) is 0 Å². The topological polar surface area (TPSA) is 46.2 Å². The van der Waals surface area contributed by atoms with E-state index in [-0.39, 0.29) is 9.92 Å². The van der Waals surface area contributed by atoms with Crippen LogP contribution in [0.25, 0.3) is 0 Å². The van der Waals surface area contributed by atoms with Gasteiger partial charge in [0.2, 0.25) is 10.0 Å². The van der Waals surface area contributed by atoms with E-state index in [9.17, 15) is 12.8 Å². The molecule has 1 N–H and O–H groups in total. The molecule has 0 aromatic heterocycles. The van der Waals surface area contributed by atoms with Crippen LogP contribution in [0.3, 0.4) is 0 Å². The Morgan fingerprint density at radius 2 is 2.00 bits per heavy atom. The average molecular weight is 393 g/mol. The van der Waals surface area contributed by atoms with E-state index in [4.69, 9.17) is 23.2 Å². The van der Waals surface area contributed by atoms with Gasteiger partial charge in [-0.2, -0.15) is 0 Å². The first kappa shape index (κ1) is 17.2. The predicted octanol–water partition coefficient (Wildman–Crippen LogP) is 3.97. The standard InChI is InChI=1S/C11H13BrCl2FNO2S/c1-3-11(2,6-12)16-19(17,18)8-5-4-7(13)10(15)9(8)14/h4-5,16H,3,6H2,1-2H3. The molecule has 0 bridgehead atoms. The molecule has 0 heterocycles. The van der Waals surface area contributed by atoms with Crippen LogP contribution in [0.1, 0.15) is 20.3 Å². The van der Waals surface area contributed by atoms with Gasteiger partial charge in [0.15, 0.2) is 5.82 Å². The van der Waals surface area contributed by atoms with Crippen LogP contribution in [-0.4, -0.2) is 19.3 Å². The van der Waals surface area contributed by atoms with Gasteiger partial charge in [-0.25, -0.2) is 17.5 Å². The predicted molar refractivity (Wildman–Crippen MR) is 79.2 cm³/mol. The summed E-state index contributed by atoms with van der Waals surface area (Å²) < 4.78 is 40.5. The average Bonchev–Trinajstić information content (AvgIpc) is 2.35. The molecular formula is C11H13BrCl2FNO2S. The second kappa shape index (κ2) is 6.26. The van der Waals surface area contributed by atoms with E-state index < -0.39 is 26.4 Å². The Labute approximate surface area is 130 Å². The molecule has 0 spiro atoms. The second-order valence-electron chi connectivity index (χ2n) is 4.33. The molecule has 0 amide bonds. The molecule has 0 aliphatic rings. The smallest absolute Gasteiger partial charge is 0.207 e. The third kappa shape index (κ3) is 3.82. The summed E-state index contributed by atoms with van der Waals surface area (Å²) in [4.78, 5) is -0.323.